The van der Waals surface area contributed by atoms with E-state index in [2.05, 4.69) is 28.8 Å². The van der Waals surface area contributed by atoms with E-state index >= 15 is 0 Å². The Bertz CT molecular complexity index is 532. The lowest BCUT2D eigenvalue weighted by Gasteiger charge is -2.37. The highest BCUT2D eigenvalue weighted by atomic mass is 32.2. The van der Waals surface area contributed by atoms with Gasteiger partial charge in [0.25, 0.3) is 0 Å². The van der Waals surface area contributed by atoms with Crippen molar-refractivity contribution in [1.82, 2.24) is 10.0 Å². The van der Waals surface area contributed by atoms with E-state index in [0.717, 1.165) is 18.8 Å². The van der Waals surface area contributed by atoms with Crippen molar-refractivity contribution < 1.29 is 8.42 Å². The molecule has 5 nitrogen and oxygen atoms in total. The van der Waals surface area contributed by atoms with Gasteiger partial charge in [-0.15, -0.1) is 0 Å². The van der Waals surface area contributed by atoms with Crippen LogP contribution in [0.3, 0.4) is 0 Å². The number of hydrogen-bond donors (Lipinski definition) is 2. The summed E-state index contributed by atoms with van der Waals surface area (Å²) in [5.74, 6) is 0. The van der Waals surface area contributed by atoms with E-state index in [0.29, 0.717) is 23.5 Å². The molecular formula is C14H23N3O2S. The lowest BCUT2D eigenvalue weighted by Crippen LogP contribution is -2.54. The Balaban J connectivity index is 2.16. The van der Waals surface area contributed by atoms with Crippen LogP contribution in [0.5, 0.6) is 0 Å². The second-order valence-corrected chi connectivity index (χ2v) is 7.14. The molecule has 1 saturated heterocycles. The van der Waals surface area contributed by atoms with E-state index in [1.165, 1.54) is 0 Å². The van der Waals surface area contributed by atoms with Crippen LogP contribution >= 0.6 is 0 Å². The first-order chi connectivity index (χ1) is 9.42. The summed E-state index contributed by atoms with van der Waals surface area (Å²) in [6.45, 7) is 8.36. The first-order valence-corrected chi connectivity index (χ1v) is 8.51. The Labute approximate surface area is 121 Å². The molecule has 0 spiro atoms. The molecule has 0 aliphatic carbocycles. The SMILES string of the molecule is CCNS(=O)(=O)c1ccc(N2CC(C)NC(C)C2)cc1. The predicted molar refractivity (Wildman–Crippen MR) is 81.6 cm³/mol. The van der Waals surface area contributed by atoms with Gasteiger partial charge in [-0.2, -0.15) is 0 Å². The summed E-state index contributed by atoms with van der Waals surface area (Å²) in [5, 5.41) is 3.48. The highest BCUT2D eigenvalue weighted by Gasteiger charge is 2.21. The number of anilines is 1. The third-order valence-corrected chi connectivity index (χ3v) is 4.97. The first-order valence-electron chi connectivity index (χ1n) is 7.03. The van der Waals surface area contributed by atoms with E-state index in [-0.39, 0.29) is 0 Å². The van der Waals surface area contributed by atoms with Crippen molar-refractivity contribution in [2.24, 2.45) is 0 Å². The number of nitrogens with one attached hydrogen (secondary N) is 2. The number of nitrogens with zero attached hydrogens (tertiary/aromatic N) is 1. The van der Waals surface area contributed by atoms with Crippen LogP contribution in [0.25, 0.3) is 0 Å². The van der Waals surface area contributed by atoms with Crippen LogP contribution in [-0.2, 0) is 10.0 Å². The third kappa shape index (κ3) is 3.50. The summed E-state index contributed by atoms with van der Waals surface area (Å²) in [6, 6.07) is 7.98. The minimum atomic E-state index is -3.36. The van der Waals surface area contributed by atoms with Crippen molar-refractivity contribution in [2.75, 3.05) is 24.5 Å². The van der Waals surface area contributed by atoms with E-state index in [1.54, 1.807) is 19.1 Å². The van der Waals surface area contributed by atoms with Crippen LogP contribution < -0.4 is 14.9 Å². The molecule has 0 aromatic heterocycles. The zero-order valence-corrected chi connectivity index (χ0v) is 13.1. The number of rotatable bonds is 4. The molecule has 112 valence electrons. The minimum Gasteiger partial charge on any atom is -0.368 e. The highest BCUT2D eigenvalue weighted by molar-refractivity contribution is 7.89. The van der Waals surface area contributed by atoms with Crippen molar-refractivity contribution in [3.05, 3.63) is 24.3 Å². The molecule has 0 bridgehead atoms. The maximum absolute atomic E-state index is 11.9. The molecule has 1 aromatic carbocycles. The normalized spacial score (nSPS) is 23.9. The molecule has 1 aromatic rings. The van der Waals surface area contributed by atoms with Crippen molar-refractivity contribution in [3.63, 3.8) is 0 Å². The second-order valence-electron chi connectivity index (χ2n) is 5.37. The Morgan fingerprint density at radius 3 is 2.25 bits per heavy atom. The Kier molecular flexibility index (Phi) is 4.67. The average molecular weight is 297 g/mol. The molecule has 6 heteroatoms. The summed E-state index contributed by atoms with van der Waals surface area (Å²) in [6.07, 6.45) is 0. The van der Waals surface area contributed by atoms with Gasteiger partial charge >= 0.3 is 0 Å². The van der Waals surface area contributed by atoms with Crippen molar-refractivity contribution in [2.45, 2.75) is 37.8 Å². The molecule has 2 N–H and O–H groups in total. The average Bonchev–Trinajstić information content (AvgIpc) is 2.38. The Morgan fingerprint density at radius 2 is 1.75 bits per heavy atom. The molecule has 2 rings (SSSR count). The maximum atomic E-state index is 11.9. The van der Waals surface area contributed by atoms with Gasteiger partial charge in [0.2, 0.25) is 10.0 Å². The minimum absolute atomic E-state index is 0.319. The molecule has 1 aliphatic heterocycles. The van der Waals surface area contributed by atoms with Gasteiger partial charge < -0.3 is 10.2 Å². The predicted octanol–water partition coefficient (Wildman–Crippen LogP) is 1.17. The quantitative estimate of drug-likeness (QED) is 0.876. The summed E-state index contributed by atoms with van der Waals surface area (Å²) < 4.78 is 26.3. The molecule has 2 unspecified atom stereocenters. The van der Waals surface area contributed by atoms with Gasteiger partial charge in [-0.05, 0) is 38.1 Å². The number of sulfonamides is 1. The summed E-state index contributed by atoms with van der Waals surface area (Å²) in [7, 11) is -3.36. The van der Waals surface area contributed by atoms with Gasteiger partial charge in [0.1, 0.15) is 0 Å². The van der Waals surface area contributed by atoms with E-state index in [1.807, 2.05) is 12.1 Å². The highest BCUT2D eigenvalue weighted by Crippen LogP contribution is 2.20. The number of benzene rings is 1. The van der Waals surface area contributed by atoms with Crippen LogP contribution in [0.1, 0.15) is 20.8 Å². The zero-order chi connectivity index (χ0) is 14.8. The Morgan fingerprint density at radius 1 is 1.20 bits per heavy atom. The summed E-state index contributed by atoms with van der Waals surface area (Å²) in [4.78, 5) is 2.61. The smallest absolute Gasteiger partial charge is 0.240 e. The fraction of sp³-hybridized carbons (Fsp3) is 0.571. The molecule has 0 saturated carbocycles. The second kappa shape index (κ2) is 6.11. The van der Waals surface area contributed by atoms with Crippen LogP contribution in [0.15, 0.2) is 29.2 Å². The largest absolute Gasteiger partial charge is 0.368 e. The number of piperazine rings is 1. The molecular weight excluding hydrogens is 274 g/mol. The van der Waals surface area contributed by atoms with Crippen LogP contribution in [0.2, 0.25) is 0 Å². The van der Waals surface area contributed by atoms with E-state index in [9.17, 15) is 8.42 Å². The summed E-state index contributed by atoms with van der Waals surface area (Å²) >= 11 is 0. The fourth-order valence-corrected chi connectivity index (χ4v) is 3.69. The molecule has 2 atom stereocenters. The summed E-state index contributed by atoms with van der Waals surface area (Å²) in [5.41, 5.74) is 1.07. The molecule has 0 amide bonds. The van der Waals surface area contributed by atoms with Gasteiger partial charge in [0.05, 0.1) is 4.90 Å². The van der Waals surface area contributed by atoms with Gasteiger partial charge in [-0.25, -0.2) is 13.1 Å². The zero-order valence-electron chi connectivity index (χ0n) is 12.3. The lowest BCUT2D eigenvalue weighted by molar-refractivity contribution is 0.407. The van der Waals surface area contributed by atoms with E-state index < -0.39 is 10.0 Å². The van der Waals surface area contributed by atoms with Crippen LogP contribution in [0, 0.1) is 0 Å². The standard InChI is InChI=1S/C14H23N3O2S/c1-4-15-20(18,19)14-7-5-13(6-8-14)17-9-11(2)16-12(3)10-17/h5-8,11-12,15-16H,4,9-10H2,1-3H3. The molecule has 20 heavy (non-hydrogen) atoms. The number of hydrogen-bond acceptors (Lipinski definition) is 4. The molecule has 1 fully saturated rings. The van der Waals surface area contributed by atoms with Crippen LogP contribution in [0.4, 0.5) is 5.69 Å². The first kappa shape index (κ1) is 15.3. The molecule has 1 heterocycles. The molecule has 1 aliphatic rings. The fourth-order valence-electron chi connectivity index (χ4n) is 2.65. The van der Waals surface area contributed by atoms with Crippen molar-refractivity contribution in [1.29, 1.82) is 0 Å². The van der Waals surface area contributed by atoms with Gasteiger partial charge in [0.15, 0.2) is 0 Å². The topological polar surface area (TPSA) is 61.4 Å². The lowest BCUT2D eigenvalue weighted by atomic mass is 10.1. The van der Waals surface area contributed by atoms with Crippen molar-refractivity contribution >= 4 is 15.7 Å². The van der Waals surface area contributed by atoms with Crippen LogP contribution in [-0.4, -0.2) is 40.1 Å². The van der Waals surface area contributed by atoms with Crippen molar-refractivity contribution in [3.8, 4) is 0 Å². The van der Waals surface area contributed by atoms with Gasteiger partial charge in [-0.1, -0.05) is 6.92 Å². The Hall–Kier alpha value is -1.11. The monoisotopic (exact) mass is 297 g/mol. The maximum Gasteiger partial charge on any atom is 0.240 e. The van der Waals surface area contributed by atoms with Gasteiger partial charge in [0, 0.05) is 37.4 Å². The van der Waals surface area contributed by atoms with Gasteiger partial charge in [-0.3, -0.25) is 0 Å². The van der Waals surface area contributed by atoms with E-state index in [4.69, 9.17) is 0 Å². The third-order valence-electron chi connectivity index (χ3n) is 3.40. The molecule has 0 radical (unpaired) electrons.